The molecule has 39 heavy (non-hydrogen) atoms. The fourth-order valence-corrected chi connectivity index (χ4v) is 4.28. The highest BCUT2D eigenvalue weighted by atomic mass is 32.2. The fraction of sp³-hybridized carbons (Fsp3) is 0.115. The van der Waals surface area contributed by atoms with Crippen molar-refractivity contribution in [1.29, 1.82) is 0 Å². The lowest BCUT2D eigenvalue weighted by Crippen LogP contribution is -2.23. The van der Waals surface area contributed by atoms with E-state index >= 15 is 0 Å². The van der Waals surface area contributed by atoms with E-state index in [1.807, 2.05) is 49.4 Å². The minimum Gasteiger partial charge on any atom is -0.406 e. The van der Waals surface area contributed by atoms with Crippen molar-refractivity contribution in [3.8, 4) is 11.4 Å². The Hall–Kier alpha value is -4.65. The summed E-state index contributed by atoms with van der Waals surface area (Å²) < 4.78 is 49.6. The molecule has 2 amide bonds. The largest absolute Gasteiger partial charge is 0.573 e. The molecule has 0 saturated carbocycles. The number of alkyl halides is 3. The molecule has 9 nitrogen and oxygen atoms in total. The zero-order valence-corrected chi connectivity index (χ0v) is 21.1. The number of pyridine rings is 1. The van der Waals surface area contributed by atoms with Crippen LogP contribution in [0, 0.1) is 0 Å². The van der Waals surface area contributed by atoms with Gasteiger partial charge in [0.05, 0.1) is 23.3 Å². The Bertz CT molecular complexity index is 1670. The van der Waals surface area contributed by atoms with Crippen molar-refractivity contribution in [2.75, 3.05) is 5.32 Å². The number of amides is 2. The second kappa shape index (κ2) is 11.0. The summed E-state index contributed by atoms with van der Waals surface area (Å²) in [6.45, 7) is 1.98. The predicted molar refractivity (Wildman–Crippen MR) is 144 cm³/mol. The van der Waals surface area contributed by atoms with Crippen molar-refractivity contribution in [2.24, 2.45) is 4.40 Å². The van der Waals surface area contributed by atoms with E-state index in [1.165, 1.54) is 24.3 Å². The Morgan fingerprint density at radius 3 is 2.72 bits per heavy atom. The summed E-state index contributed by atoms with van der Waals surface area (Å²) in [5.41, 5.74) is 3.61. The Kier molecular flexibility index (Phi) is 7.32. The molecule has 0 aliphatic carbocycles. The van der Waals surface area contributed by atoms with Gasteiger partial charge in [-0.2, -0.15) is 0 Å². The Morgan fingerprint density at radius 2 is 1.95 bits per heavy atom. The first kappa shape index (κ1) is 26.0. The molecule has 0 radical (unpaired) electrons. The van der Waals surface area contributed by atoms with Crippen LogP contribution in [0.15, 0.2) is 77.3 Å². The van der Waals surface area contributed by atoms with E-state index in [9.17, 15) is 18.0 Å². The SMILES string of the molecule is CCc1cccnc1NC(=O)NS/N=C/c1ccc2c(ccc3c2nnn3-c2ccc(OC(F)(F)F)cc2)c1. The topological polar surface area (TPSA) is 106 Å². The number of aromatic nitrogens is 4. The van der Waals surface area contributed by atoms with Gasteiger partial charge in [0.15, 0.2) is 0 Å². The van der Waals surface area contributed by atoms with Crippen molar-refractivity contribution in [3.05, 3.63) is 84.1 Å². The zero-order chi connectivity index (χ0) is 27.4. The van der Waals surface area contributed by atoms with E-state index in [4.69, 9.17) is 0 Å². The van der Waals surface area contributed by atoms with Crippen LogP contribution in [0.25, 0.3) is 27.5 Å². The maximum atomic E-state index is 12.4. The first-order valence-corrected chi connectivity index (χ1v) is 12.4. The van der Waals surface area contributed by atoms with E-state index in [2.05, 4.69) is 34.5 Å². The number of carbonyl (C=O) groups excluding carboxylic acids is 1. The second-order valence-corrected chi connectivity index (χ2v) is 8.80. The number of nitrogens with one attached hydrogen (secondary N) is 2. The van der Waals surface area contributed by atoms with Gasteiger partial charge in [-0.3, -0.25) is 10.0 Å². The Labute approximate surface area is 224 Å². The molecule has 3 aromatic carbocycles. The van der Waals surface area contributed by atoms with Crippen LogP contribution in [0.4, 0.5) is 23.8 Å². The summed E-state index contributed by atoms with van der Waals surface area (Å²) in [5, 5.41) is 12.9. The predicted octanol–water partition coefficient (Wildman–Crippen LogP) is 6.23. The van der Waals surface area contributed by atoms with Gasteiger partial charge < -0.3 is 4.74 Å². The van der Waals surface area contributed by atoms with Crippen LogP contribution in [0.2, 0.25) is 0 Å². The standard InChI is InChI=1S/C26H20F3N7O2S/c1-2-17-4-3-13-30-24(17)32-25(37)34-39-31-15-16-5-11-21-18(14-16)6-12-22-23(21)33-35-36(22)19-7-9-20(10-8-19)38-26(27,28)29/h3-15H,2H2,1H3,(H2,30,32,34,37)/b31-15+. The number of aryl methyl sites for hydroxylation is 1. The van der Waals surface area contributed by atoms with Gasteiger partial charge in [-0.15, -0.1) is 18.3 Å². The van der Waals surface area contributed by atoms with Gasteiger partial charge in [0.1, 0.15) is 17.1 Å². The van der Waals surface area contributed by atoms with Crippen LogP contribution in [0.5, 0.6) is 5.75 Å². The molecule has 198 valence electrons. The monoisotopic (exact) mass is 551 g/mol. The van der Waals surface area contributed by atoms with Crippen LogP contribution < -0.4 is 14.8 Å². The van der Waals surface area contributed by atoms with E-state index < -0.39 is 12.4 Å². The van der Waals surface area contributed by atoms with Crippen molar-refractivity contribution >= 4 is 52.0 Å². The number of hydrogen-bond acceptors (Lipinski definition) is 7. The summed E-state index contributed by atoms with van der Waals surface area (Å²) in [6, 6.07) is 18.1. The molecule has 5 rings (SSSR count). The highest BCUT2D eigenvalue weighted by Gasteiger charge is 2.31. The Balaban J connectivity index is 1.26. The number of urea groups is 1. The maximum absolute atomic E-state index is 12.4. The van der Waals surface area contributed by atoms with Gasteiger partial charge in [0.2, 0.25) is 0 Å². The number of anilines is 1. The molecule has 0 fully saturated rings. The summed E-state index contributed by atoms with van der Waals surface area (Å²) in [7, 11) is 0. The quantitative estimate of drug-likeness (QED) is 0.183. The third-order valence-electron chi connectivity index (χ3n) is 5.67. The highest BCUT2D eigenvalue weighted by Crippen LogP contribution is 2.28. The molecule has 2 N–H and O–H groups in total. The minimum atomic E-state index is -4.76. The van der Waals surface area contributed by atoms with E-state index in [-0.39, 0.29) is 5.75 Å². The number of halogens is 3. The average molecular weight is 552 g/mol. The first-order chi connectivity index (χ1) is 18.8. The molecule has 0 bridgehead atoms. The summed E-state index contributed by atoms with van der Waals surface area (Å²) >= 11 is 0.884. The Morgan fingerprint density at radius 1 is 1.13 bits per heavy atom. The molecule has 2 aromatic heterocycles. The molecule has 2 heterocycles. The number of nitrogens with zero attached hydrogens (tertiary/aromatic N) is 5. The molecule has 0 aliphatic heterocycles. The first-order valence-electron chi connectivity index (χ1n) is 11.7. The van der Waals surface area contributed by atoms with Gasteiger partial charge in [0, 0.05) is 17.8 Å². The summed E-state index contributed by atoms with van der Waals surface area (Å²) in [5.74, 6) is 0.190. The smallest absolute Gasteiger partial charge is 0.406 e. The third-order valence-corrected chi connectivity index (χ3v) is 6.16. The van der Waals surface area contributed by atoms with E-state index in [0.717, 1.165) is 40.5 Å². The zero-order valence-electron chi connectivity index (χ0n) is 20.3. The molecule has 0 unspecified atom stereocenters. The van der Waals surface area contributed by atoms with Crippen molar-refractivity contribution in [3.63, 3.8) is 0 Å². The normalized spacial score (nSPS) is 11.8. The second-order valence-electron chi connectivity index (χ2n) is 8.20. The number of carbonyl (C=O) groups is 1. The van der Waals surface area contributed by atoms with Crippen LogP contribution in [0.1, 0.15) is 18.1 Å². The number of fused-ring (bicyclic) bond motifs is 3. The van der Waals surface area contributed by atoms with Crippen LogP contribution >= 0.6 is 12.1 Å². The van der Waals surface area contributed by atoms with Gasteiger partial charge in [-0.25, -0.2) is 18.9 Å². The molecule has 13 heteroatoms. The van der Waals surface area contributed by atoms with Gasteiger partial charge >= 0.3 is 12.4 Å². The molecule has 0 aliphatic rings. The number of hydrogen-bond donors (Lipinski definition) is 2. The molecular weight excluding hydrogens is 531 g/mol. The average Bonchev–Trinajstić information content (AvgIpc) is 3.35. The number of benzene rings is 3. The van der Waals surface area contributed by atoms with Crippen molar-refractivity contribution in [1.82, 2.24) is 24.7 Å². The van der Waals surface area contributed by atoms with Gasteiger partial charge in [-0.05, 0) is 65.4 Å². The lowest BCUT2D eigenvalue weighted by atomic mass is 10.1. The number of rotatable bonds is 7. The van der Waals surface area contributed by atoms with Crippen LogP contribution in [-0.2, 0) is 6.42 Å². The van der Waals surface area contributed by atoms with E-state index in [0.29, 0.717) is 22.5 Å². The van der Waals surface area contributed by atoms with Crippen LogP contribution in [-0.4, -0.2) is 38.6 Å². The molecule has 0 spiro atoms. The van der Waals surface area contributed by atoms with Crippen LogP contribution in [0.3, 0.4) is 0 Å². The number of ether oxygens (including phenoxy) is 1. The minimum absolute atomic E-state index is 0.317. The lowest BCUT2D eigenvalue weighted by molar-refractivity contribution is -0.274. The molecule has 0 atom stereocenters. The van der Waals surface area contributed by atoms with Crippen molar-refractivity contribution < 1.29 is 22.7 Å². The third kappa shape index (κ3) is 6.09. The van der Waals surface area contributed by atoms with Gasteiger partial charge in [-0.1, -0.05) is 36.4 Å². The summed E-state index contributed by atoms with van der Waals surface area (Å²) in [6.07, 6.45) is -0.781. The molecular formula is C26H20F3N7O2S. The maximum Gasteiger partial charge on any atom is 0.573 e. The molecule has 0 saturated heterocycles. The lowest BCUT2D eigenvalue weighted by Gasteiger charge is -2.09. The highest BCUT2D eigenvalue weighted by molar-refractivity contribution is 7.96. The molecule has 5 aromatic rings. The van der Waals surface area contributed by atoms with Crippen molar-refractivity contribution in [2.45, 2.75) is 19.7 Å². The van der Waals surface area contributed by atoms with E-state index in [1.54, 1.807) is 17.1 Å². The fourth-order valence-electron chi connectivity index (χ4n) is 3.92. The summed E-state index contributed by atoms with van der Waals surface area (Å²) in [4.78, 5) is 16.3. The van der Waals surface area contributed by atoms with Gasteiger partial charge in [0.25, 0.3) is 0 Å².